The number of carbonyl (C=O) groups is 2. The van der Waals surface area contributed by atoms with Crippen LogP contribution in [-0.4, -0.2) is 70.0 Å². The minimum Gasteiger partial charge on any atom is -0.756 e. The molecular formula is C75H140NO8P. The molecule has 0 radical (unpaired) electrons. The van der Waals surface area contributed by atoms with Gasteiger partial charge >= 0.3 is 11.9 Å². The summed E-state index contributed by atoms with van der Waals surface area (Å²) in [5.41, 5.74) is 0. The van der Waals surface area contributed by atoms with Crippen LogP contribution in [0.3, 0.4) is 0 Å². The Bertz CT molecular complexity index is 1620. The molecule has 0 fully saturated rings. The number of allylic oxidation sites excluding steroid dienone is 10. The number of rotatable bonds is 68. The Balaban J connectivity index is 3.89. The molecule has 0 aliphatic heterocycles. The molecule has 0 heterocycles. The Labute approximate surface area is 527 Å². The van der Waals surface area contributed by atoms with Gasteiger partial charge in [-0.3, -0.25) is 14.2 Å². The molecule has 0 aromatic heterocycles. The van der Waals surface area contributed by atoms with Crippen LogP contribution in [0.5, 0.6) is 0 Å². The zero-order chi connectivity index (χ0) is 61.9. The molecule has 0 N–H and O–H groups in total. The largest absolute Gasteiger partial charge is 0.756 e. The topological polar surface area (TPSA) is 111 Å². The molecule has 0 saturated carbocycles. The van der Waals surface area contributed by atoms with Crippen molar-refractivity contribution >= 4 is 19.8 Å². The third-order valence-electron chi connectivity index (χ3n) is 16.3. The third-order valence-corrected chi connectivity index (χ3v) is 17.3. The highest BCUT2D eigenvalue weighted by Gasteiger charge is 2.22. The van der Waals surface area contributed by atoms with Crippen LogP contribution in [-0.2, 0) is 32.7 Å². The van der Waals surface area contributed by atoms with Crippen LogP contribution in [0.1, 0.15) is 354 Å². The van der Waals surface area contributed by atoms with E-state index >= 15 is 0 Å². The molecule has 9 nitrogen and oxygen atoms in total. The van der Waals surface area contributed by atoms with Crippen molar-refractivity contribution in [2.75, 3.05) is 47.5 Å². The Morgan fingerprint density at radius 2 is 0.671 bits per heavy atom. The van der Waals surface area contributed by atoms with E-state index in [1.165, 1.54) is 257 Å². The number of likely N-dealkylation sites (N-methyl/N-ethyl adjacent to an activating group) is 1. The van der Waals surface area contributed by atoms with Crippen molar-refractivity contribution in [2.24, 2.45) is 0 Å². The number of phosphoric acid groups is 1. The lowest BCUT2D eigenvalue weighted by atomic mass is 10.0. The van der Waals surface area contributed by atoms with Gasteiger partial charge in [-0.25, -0.2) is 0 Å². The number of unbranched alkanes of at least 4 members (excludes halogenated alkanes) is 44. The highest BCUT2D eigenvalue weighted by molar-refractivity contribution is 7.45. The maximum atomic E-state index is 12.9. The molecule has 498 valence electrons. The minimum atomic E-state index is -4.64. The lowest BCUT2D eigenvalue weighted by molar-refractivity contribution is -0.870. The number of carbonyl (C=O) groups excluding carboxylic acids is 2. The predicted octanol–water partition coefficient (Wildman–Crippen LogP) is 23.1. The second kappa shape index (κ2) is 66.1. The predicted molar refractivity (Wildman–Crippen MR) is 365 cm³/mol. The molecule has 0 aliphatic carbocycles. The first-order chi connectivity index (χ1) is 41.5. The van der Waals surface area contributed by atoms with Crippen molar-refractivity contribution in [1.29, 1.82) is 0 Å². The molecule has 0 aromatic rings. The van der Waals surface area contributed by atoms with Crippen LogP contribution in [0.4, 0.5) is 0 Å². The highest BCUT2D eigenvalue weighted by Crippen LogP contribution is 2.38. The van der Waals surface area contributed by atoms with Gasteiger partial charge in [0.2, 0.25) is 0 Å². The smallest absolute Gasteiger partial charge is 0.306 e. The van der Waals surface area contributed by atoms with Crippen LogP contribution in [0.15, 0.2) is 60.8 Å². The summed E-state index contributed by atoms with van der Waals surface area (Å²) in [6.07, 6.45) is 87.5. The molecule has 0 rings (SSSR count). The number of nitrogens with zero attached hydrogens (tertiary/aromatic N) is 1. The number of hydrogen-bond donors (Lipinski definition) is 0. The fourth-order valence-electron chi connectivity index (χ4n) is 10.7. The summed E-state index contributed by atoms with van der Waals surface area (Å²) < 4.78 is 34.3. The lowest BCUT2D eigenvalue weighted by Gasteiger charge is -2.28. The molecule has 0 saturated heterocycles. The van der Waals surface area contributed by atoms with Crippen molar-refractivity contribution in [3.8, 4) is 0 Å². The first-order valence-corrected chi connectivity index (χ1v) is 38.0. The maximum Gasteiger partial charge on any atom is 0.306 e. The Kier molecular flexibility index (Phi) is 64.4. The van der Waals surface area contributed by atoms with Crippen molar-refractivity contribution in [3.05, 3.63) is 60.8 Å². The van der Waals surface area contributed by atoms with E-state index in [0.29, 0.717) is 17.4 Å². The molecule has 0 spiro atoms. The minimum absolute atomic E-state index is 0.0277. The van der Waals surface area contributed by atoms with Gasteiger partial charge in [0.15, 0.2) is 6.10 Å². The van der Waals surface area contributed by atoms with Gasteiger partial charge in [0, 0.05) is 12.8 Å². The lowest BCUT2D eigenvalue weighted by Crippen LogP contribution is -2.37. The van der Waals surface area contributed by atoms with Gasteiger partial charge in [0.05, 0.1) is 27.7 Å². The van der Waals surface area contributed by atoms with E-state index in [9.17, 15) is 19.0 Å². The normalized spacial score (nSPS) is 13.4. The molecule has 0 aliphatic rings. The van der Waals surface area contributed by atoms with Crippen LogP contribution >= 0.6 is 7.82 Å². The quantitative estimate of drug-likeness (QED) is 0.0195. The van der Waals surface area contributed by atoms with Gasteiger partial charge in [-0.05, 0) is 57.8 Å². The van der Waals surface area contributed by atoms with Crippen LogP contribution < -0.4 is 4.89 Å². The van der Waals surface area contributed by atoms with E-state index in [4.69, 9.17) is 18.5 Å². The summed E-state index contributed by atoms with van der Waals surface area (Å²) in [5.74, 6) is -0.811. The molecule has 2 unspecified atom stereocenters. The van der Waals surface area contributed by atoms with E-state index in [1.54, 1.807) is 0 Å². The van der Waals surface area contributed by atoms with Crippen molar-refractivity contribution in [3.63, 3.8) is 0 Å². The monoisotopic (exact) mass is 1210 g/mol. The van der Waals surface area contributed by atoms with Crippen molar-refractivity contribution in [1.82, 2.24) is 0 Å². The van der Waals surface area contributed by atoms with Crippen LogP contribution in [0.25, 0.3) is 0 Å². The fourth-order valence-corrected chi connectivity index (χ4v) is 11.5. The number of quaternary nitrogens is 1. The van der Waals surface area contributed by atoms with E-state index in [2.05, 4.69) is 74.6 Å². The second-order valence-corrected chi connectivity index (χ2v) is 27.3. The molecule has 0 amide bonds. The summed E-state index contributed by atoms with van der Waals surface area (Å²) in [6, 6.07) is 0. The summed E-state index contributed by atoms with van der Waals surface area (Å²) in [7, 11) is 1.19. The molecule has 10 heteroatoms. The van der Waals surface area contributed by atoms with E-state index in [0.717, 1.165) is 64.2 Å². The Morgan fingerprint density at radius 1 is 0.376 bits per heavy atom. The van der Waals surface area contributed by atoms with E-state index < -0.39 is 26.5 Å². The molecule has 0 aromatic carbocycles. The van der Waals surface area contributed by atoms with Gasteiger partial charge < -0.3 is 27.9 Å². The number of hydrogen-bond acceptors (Lipinski definition) is 8. The first kappa shape index (κ1) is 82.7. The summed E-state index contributed by atoms with van der Waals surface area (Å²) in [6.45, 7) is 4.19. The summed E-state index contributed by atoms with van der Waals surface area (Å²) >= 11 is 0. The zero-order valence-corrected chi connectivity index (χ0v) is 57.7. The average Bonchev–Trinajstić information content (AvgIpc) is 3.51. The molecule has 85 heavy (non-hydrogen) atoms. The highest BCUT2D eigenvalue weighted by atomic mass is 31.2. The summed E-state index contributed by atoms with van der Waals surface area (Å²) in [5, 5.41) is 0. The average molecular weight is 1210 g/mol. The third kappa shape index (κ3) is 70.7. The Morgan fingerprint density at radius 3 is 1.00 bits per heavy atom. The van der Waals surface area contributed by atoms with Gasteiger partial charge in [0.1, 0.15) is 19.8 Å². The van der Waals surface area contributed by atoms with E-state index in [1.807, 2.05) is 21.1 Å². The van der Waals surface area contributed by atoms with E-state index in [-0.39, 0.29) is 32.0 Å². The second-order valence-electron chi connectivity index (χ2n) is 25.9. The standard InChI is InChI=1S/C75H140NO8P/c1-6-8-10-12-14-16-18-20-22-24-26-28-29-30-31-32-33-34-35-36-37-38-39-40-41-42-43-44-45-46-47-48-50-52-54-56-58-60-62-64-66-68-75(78)84-73(72-83-85(79,80)82-70-69-76(3,4)5)71-81-74(77)67-65-63-61-59-57-55-53-51-49-27-25-23-21-19-17-15-13-11-9-7-2/h8,10,14,16,20,22,26,28,30-31,73H,6-7,9,11-13,15,17-19,21,23-25,27,29,32-72H2,1-5H3/b10-8-,16-14-,22-20-,28-26-,31-30-. The fraction of sp³-hybridized carbons (Fsp3) is 0.840. The molecule has 2 atom stereocenters. The van der Waals surface area contributed by atoms with Gasteiger partial charge in [-0.2, -0.15) is 0 Å². The number of ether oxygens (including phenoxy) is 2. The molecule has 0 bridgehead atoms. The maximum absolute atomic E-state index is 12.9. The number of esters is 2. The van der Waals surface area contributed by atoms with Crippen LogP contribution in [0.2, 0.25) is 0 Å². The van der Waals surface area contributed by atoms with Gasteiger partial charge in [0.25, 0.3) is 7.82 Å². The van der Waals surface area contributed by atoms with Gasteiger partial charge in [-0.1, -0.05) is 344 Å². The van der Waals surface area contributed by atoms with Crippen LogP contribution in [0, 0.1) is 0 Å². The van der Waals surface area contributed by atoms with Crippen molar-refractivity contribution < 1.29 is 42.1 Å². The van der Waals surface area contributed by atoms with Crippen molar-refractivity contribution in [2.45, 2.75) is 360 Å². The molecular weight excluding hydrogens is 1070 g/mol. The zero-order valence-electron chi connectivity index (χ0n) is 56.8. The first-order valence-electron chi connectivity index (χ1n) is 36.5. The summed E-state index contributed by atoms with van der Waals surface area (Å²) in [4.78, 5) is 38.0. The SMILES string of the molecule is CC/C=C\C/C=C\C/C=C\C/C=C\C/C=C\CCCCCCCCCCCCCCCCCCCCCCCCCCCC(=O)OC(COC(=O)CCCCCCCCCCCCCCCCCCCCCC)COP(=O)([O-])OCC[N+](C)(C)C. The Hall–Kier alpha value is -2.29. The number of phosphoric ester groups is 1. The van der Waals surface area contributed by atoms with Gasteiger partial charge in [-0.15, -0.1) is 0 Å².